The zero-order valence-corrected chi connectivity index (χ0v) is 12.6. The van der Waals surface area contributed by atoms with Gasteiger partial charge in [-0.3, -0.25) is 4.79 Å². The van der Waals surface area contributed by atoms with Crippen LogP contribution in [0.2, 0.25) is 0 Å². The van der Waals surface area contributed by atoms with Crippen LogP contribution in [0.1, 0.15) is 43.2 Å². The standard InChI is InChI=1S/C18H22N2O/c1-20(14-17-5-3-2-4-6-17)18(21)12-11-15-7-9-16(13-19)10-8-15/h7-12,17H,2-6,14H2,1H3/b12-11+. The van der Waals surface area contributed by atoms with E-state index in [0.29, 0.717) is 11.5 Å². The Morgan fingerprint density at radius 1 is 1.29 bits per heavy atom. The zero-order valence-electron chi connectivity index (χ0n) is 12.6. The Balaban J connectivity index is 1.86. The van der Waals surface area contributed by atoms with Crippen LogP contribution in [0.25, 0.3) is 6.08 Å². The van der Waals surface area contributed by atoms with Gasteiger partial charge in [0.25, 0.3) is 0 Å². The molecule has 1 fully saturated rings. The predicted molar refractivity (Wildman–Crippen MR) is 84.4 cm³/mol. The molecule has 0 saturated heterocycles. The minimum Gasteiger partial charge on any atom is -0.342 e. The Morgan fingerprint density at radius 3 is 2.57 bits per heavy atom. The van der Waals surface area contributed by atoms with Gasteiger partial charge >= 0.3 is 0 Å². The lowest BCUT2D eigenvalue weighted by Gasteiger charge is -2.26. The lowest BCUT2D eigenvalue weighted by Crippen LogP contribution is -2.31. The van der Waals surface area contributed by atoms with Crippen LogP contribution in [-0.2, 0) is 4.79 Å². The molecule has 0 spiro atoms. The van der Waals surface area contributed by atoms with Crippen molar-refractivity contribution in [3.63, 3.8) is 0 Å². The Bertz CT molecular complexity index is 533. The number of likely N-dealkylation sites (N-methyl/N-ethyl adjacent to an activating group) is 1. The van der Waals surface area contributed by atoms with E-state index < -0.39 is 0 Å². The van der Waals surface area contributed by atoms with Gasteiger partial charge in [-0.1, -0.05) is 31.4 Å². The van der Waals surface area contributed by atoms with Crippen molar-refractivity contribution in [2.75, 3.05) is 13.6 Å². The second-order valence-electron chi connectivity index (χ2n) is 5.79. The van der Waals surface area contributed by atoms with Crippen LogP contribution in [0.15, 0.2) is 30.3 Å². The largest absolute Gasteiger partial charge is 0.342 e. The van der Waals surface area contributed by atoms with E-state index in [2.05, 4.69) is 6.07 Å². The molecule has 1 aromatic carbocycles. The first-order chi connectivity index (χ1) is 10.2. The van der Waals surface area contributed by atoms with Crippen molar-refractivity contribution >= 4 is 12.0 Å². The molecule has 1 aromatic rings. The molecule has 0 aromatic heterocycles. The normalized spacial score (nSPS) is 15.8. The molecule has 3 heteroatoms. The van der Waals surface area contributed by atoms with Crippen molar-refractivity contribution in [3.8, 4) is 6.07 Å². The third kappa shape index (κ3) is 4.75. The highest BCUT2D eigenvalue weighted by atomic mass is 16.2. The van der Waals surface area contributed by atoms with Gasteiger partial charge in [0, 0.05) is 19.7 Å². The molecule has 0 radical (unpaired) electrons. The molecule has 0 heterocycles. The molecule has 0 atom stereocenters. The van der Waals surface area contributed by atoms with Crippen molar-refractivity contribution in [2.45, 2.75) is 32.1 Å². The van der Waals surface area contributed by atoms with Crippen LogP contribution in [-0.4, -0.2) is 24.4 Å². The molecule has 3 nitrogen and oxygen atoms in total. The van der Waals surface area contributed by atoms with Gasteiger partial charge in [-0.15, -0.1) is 0 Å². The van der Waals surface area contributed by atoms with Crippen LogP contribution in [0.5, 0.6) is 0 Å². The molecule has 21 heavy (non-hydrogen) atoms. The van der Waals surface area contributed by atoms with E-state index in [4.69, 9.17) is 5.26 Å². The highest BCUT2D eigenvalue weighted by Gasteiger charge is 2.16. The third-order valence-electron chi connectivity index (χ3n) is 4.09. The van der Waals surface area contributed by atoms with Crippen molar-refractivity contribution in [1.29, 1.82) is 5.26 Å². The lowest BCUT2D eigenvalue weighted by atomic mass is 9.89. The van der Waals surface area contributed by atoms with E-state index in [0.717, 1.165) is 12.1 Å². The second-order valence-corrected chi connectivity index (χ2v) is 5.79. The molecular formula is C18H22N2O. The molecule has 1 amide bonds. The second kappa shape index (κ2) is 7.64. The fourth-order valence-electron chi connectivity index (χ4n) is 2.81. The van der Waals surface area contributed by atoms with E-state index in [1.165, 1.54) is 32.1 Å². The van der Waals surface area contributed by atoms with Gasteiger partial charge in [-0.05, 0) is 42.5 Å². The molecular weight excluding hydrogens is 260 g/mol. The molecule has 0 unspecified atom stereocenters. The average molecular weight is 282 g/mol. The molecule has 1 aliphatic carbocycles. The maximum Gasteiger partial charge on any atom is 0.246 e. The van der Waals surface area contributed by atoms with Crippen molar-refractivity contribution in [1.82, 2.24) is 4.90 Å². The maximum atomic E-state index is 12.1. The average Bonchev–Trinajstić information content (AvgIpc) is 2.54. The highest BCUT2D eigenvalue weighted by Crippen LogP contribution is 2.24. The van der Waals surface area contributed by atoms with Crippen molar-refractivity contribution in [2.24, 2.45) is 5.92 Å². The first kappa shape index (κ1) is 15.3. The maximum absolute atomic E-state index is 12.1. The van der Waals surface area contributed by atoms with Crippen LogP contribution >= 0.6 is 0 Å². The van der Waals surface area contributed by atoms with Gasteiger partial charge in [0.1, 0.15) is 0 Å². The summed E-state index contributed by atoms with van der Waals surface area (Å²) in [4.78, 5) is 13.9. The van der Waals surface area contributed by atoms with Crippen LogP contribution in [0, 0.1) is 17.2 Å². The minimum atomic E-state index is 0.0462. The van der Waals surface area contributed by atoms with Gasteiger partial charge in [0.15, 0.2) is 0 Å². The predicted octanol–water partition coefficient (Wildman–Crippen LogP) is 3.61. The van der Waals surface area contributed by atoms with E-state index >= 15 is 0 Å². The number of hydrogen-bond acceptors (Lipinski definition) is 2. The number of amides is 1. The number of nitriles is 1. The molecule has 2 rings (SSSR count). The topological polar surface area (TPSA) is 44.1 Å². The summed E-state index contributed by atoms with van der Waals surface area (Å²) < 4.78 is 0. The summed E-state index contributed by atoms with van der Waals surface area (Å²) in [5.74, 6) is 0.709. The molecule has 0 N–H and O–H groups in total. The summed E-state index contributed by atoms with van der Waals surface area (Å²) in [6.45, 7) is 0.858. The van der Waals surface area contributed by atoms with Gasteiger partial charge in [0.05, 0.1) is 11.6 Å². The smallest absolute Gasteiger partial charge is 0.246 e. The first-order valence-corrected chi connectivity index (χ1v) is 7.62. The number of benzene rings is 1. The molecule has 0 bridgehead atoms. The number of hydrogen-bond donors (Lipinski definition) is 0. The molecule has 0 aliphatic heterocycles. The van der Waals surface area contributed by atoms with Crippen molar-refractivity contribution in [3.05, 3.63) is 41.5 Å². The SMILES string of the molecule is CN(CC1CCCCC1)C(=O)/C=C/c1ccc(C#N)cc1. The van der Waals surface area contributed by atoms with Crippen LogP contribution in [0.3, 0.4) is 0 Å². The van der Waals surface area contributed by atoms with Crippen LogP contribution in [0.4, 0.5) is 0 Å². The fourth-order valence-corrected chi connectivity index (χ4v) is 2.81. The van der Waals surface area contributed by atoms with Crippen LogP contribution < -0.4 is 0 Å². The number of carbonyl (C=O) groups is 1. The Kier molecular flexibility index (Phi) is 5.57. The van der Waals surface area contributed by atoms with E-state index in [-0.39, 0.29) is 5.91 Å². The summed E-state index contributed by atoms with van der Waals surface area (Å²) in [5.41, 5.74) is 1.57. The third-order valence-corrected chi connectivity index (χ3v) is 4.09. The van der Waals surface area contributed by atoms with Gasteiger partial charge in [0.2, 0.25) is 5.91 Å². The highest BCUT2D eigenvalue weighted by molar-refractivity contribution is 5.91. The Hall–Kier alpha value is -2.08. The van der Waals surface area contributed by atoms with Gasteiger partial charge in [-0.2, -0.15) is 5.26 Å². The van der Waals surface area contributed by atoms with Crippen molar-refractivity contribution < 1.29 is 4.79 Å². The number of carbonyl (C=O) groups excluding carboxylic acids is 1. The quantitative estimate of drug-likeness (QED) is 0.792. The summed E-state index contributed by atoms with van der Waals surface area (Å²) in [6.07, 6.45) is 9.85. The fraction of sp³-hybridized carbons (Fsp3) is 0.444. The summed E-state index contributed by atoms with van der Waals surface area (Å²) >= 11 is 0. The van der Waals surface area contributed by atoms with E-state index in [1.807, 2.05) is 24.1 Å². The summed E-state index contributed by atoms with van der Waals surface area (Å²) in [6, 6.07) is 9.30. The summed E-state index contributed by atoms with van der Waals surface area (Å²) in [5, 5.41) is 8.75. The monoisotopic (exact) mass is 282 g/mol. The minimum absolute atomic E-state index is 0.0462. The molecule has 1 saturated carbocycles. The summed E-state index contributed by atoms with van der Waals surface area (Å²) in [7, 11) is 1.88. The molecule has 110 valence electrons. The van der Waals surface area contributed by atoms with E-state index in [9.17, 15) is 4.79 Å². The zero-order chi connectivity index (χ0) is 15.1. The lowest BCUT2D eigenvalue weighted by molar-refractivity contribution is -0.125. The molecule has 1 aliphatic rings. The number of nitrogens with zero attached hydrogens (tertiary/aromatic N) is 2. The first-order valence-electron chi connectivity index (χ1n) is 7.62. The number of rotatable bonds is 4. The Morgan fingerprint density at radius 2 is 1.95 bits per heavy atom. The van der Waals surface area contributed by atoms with E-state index in [1.54, 1.807) is 24.3 Å². The van der Waals surface area contributed by atoms with Gasteiger partial charge < -0.3 is 4.90 Å². The Labute approximate surface area is 126 Å². The van der Waals surface area contributed by atoms with Gasteiger partial charge in [-0.25, -0.2) is 0 Å².